The van der Waals surface area contributed by atoms with E-state index in [2.05, 4.69) is 21.4 Å². The van der Waals surface area contributed by atoms with Crippen LogP contribution in [0.5, 0.6) is 5.75 Å². The third-order valence-electron chi connectivity index (χ3n) is 5.02. The molecule has 0 unspecified atom stereocenters. The number of ether oxygens (including phenoxy) is 1. The van der Waals surface area contributed by atoms with E-state index >= 15 is 0 Å². The summed E-state index contributed by atoms with van der Waals surface area (Å²) in [7, 11) is 1.98. The number of aryl methyl sites for hydroxylation is 1. The molecule has 27 heavy (non-hydrogen) atoms. The van der Waals surface area contributed by atoms with Crippen LogP contribution in [0.25, 0.3) is 17.1 Å². The number of hydrogen-bond acceptors (Lipinski definition) is 5. The summed E-state index contributed by atoms with van der Waals surface area (Å²) in [6, 6.07) is 7.80. The molecule has 0 bridgehead atoms. The van der Waals surface area contributed by atoms with Crippen molar-refractivity contribution in [3.8, 4) is 22.8 Å². The Hall–Kier alpha value is -2.80. The molecule has 1 aromatic carbocycles. The number of aromatic nitrogens is 4. The van der Waals surface area contributed by atoms with Crippen molar-refractivity contribution in [1.29, 1.82) is 0 Å². The predicted molar refractivity (Wildman–Crippen MR) is 105 cm³/mol. The van der Waals surface area contributed by atoms with Gasteiger partial charge in [-0.15, -0.1) is 0 Å². The standard InChI is InChI=1S/C20H25N5O2/c1-15-18(20(22-23(15)2)24-9-3-4-10-24)25-11-8-21-19(25)16-6-5-7-17(14-16)27-13-12-26/h5-8,11,14,26H,3-4,9-10,12-13H2,1-2H3. The number of imidazole rings is 1. The third-order valence-corrected chi connectivity index (χ3v) is 5.02. The first-order valence-corrected chi connectivity index (χ1v) is 9.35. The van der Waals surface area contributed by atoms with Crippen molar-refractivity contribution >= 4 is 5.82 Å². The molecule has 1 aliphatic heterocycles. The highest BCUT2D eigenvalue weighted by Crippen LogP contribution is 2.33. The minimum Gasteiger partial charge on any atom is -0.491 e. The minimum atomic E-state index is -0.00702. The van der Waals surface area contributed by atoms with E-state index in [1.54, 1.807) is 0 Å². The van der Waals surface area contributed by atoms with Gasteiger partial charge in [0.05, 0.1) is 12.3 Å². The normalized spacial score (nSPS) is 14.1. The van der Waals surface area contributed by atoms with Gasteiger partial charge in [0, 0.05) is 38.1 Å². The molecule has 0 radical (unpaired) electrons. The number of rotatable bonds is 6. The van der Waals surface area contributed by atoms with E-state index in [0.29, 0.717) is 0 Å². The topological polar surface area (TPSA) is 68.3 Å². The van der Waals surface area contributed by atoms with E-state index in [9.17, 15) is 0 Å². The molecule has 1 aliphatic rings. The molecule has 3 heterocycles. The van der Waals surface area contributed by atoms with E-state index in [-0.39, 0.29) is 13.2 Å². The Balaban J connectivity index is 1.77. The maximum atomic E-state index is 8.99. The van der Waals surface area contributed by atoms with Crippen molar-refractivity contribution in [2.75, 3.05) is 31.2 Å². The summed E-state index contributed by atoms with van der Waals surface area (Å²) in [6.07, 6.45) is 6.21. The molecule has 3 aromatic rings. The molecular weight excluding hydrogens is 342 g/mol. The van der Waals surface area contributed by atoms with Gasteiger partial charge in [0.25, 0.3) is 0 Å². The number of anilines is 1. The van der Waals surface area contributed by atoms with Gasteiger partial charge in [-0.25, -0.2) is 4.98 Å². The Kier molecular flexibility index (Phi) is 4.85. The lowest BCUT2D eigenvalue weighted by molar-refractivity contribution is 0.201. The average Bonchev–Trinajstić information content (AvgIpc) is 3.41. The van der Waals surface area contributed by atoms with Gasteiger partial charge >= 0.3 is 0 Å². The zero-order valence-electron chi connectivity index (χ0n) is 15.8. The van der Waals surface area contributed by atoms with E-state index < -0.39 is 0 Å². The lowest BCUT2D eigenvalue weighted by Gasteiger charge is -2.18. The quantitative estimate of drug-likeness (QED) is 0.725. The van der Waals surface area contributed by atoms with Crippen LogP contribution in [0, 0.1) is 6.92 Å². The number of aliphatic hydroxyl groups is 1. The largest absolute Gasteiger partial charge is 0.491 e. The van der Waals surface area contributed by atoms with Crippen molar-refractivity contribution < 1.29 is 9.84 Å². The van der Waals surface area contributed by atoms with Crippen molar-refractivity contribution in [2.24, 2.45) is 7.05 Å². The highest BCUT2D eigenvalue weighted by Gasteiger charge is 2.24. The zero-order chi connectivity index (χ0) is 18.8. The van der Waals surface area contributed by atoms with Gasteiger partial charge in [0.1, 0.15) is 23.9 Å². The molecule has 1 fully saturated rings. The maximum Gasteiger partial charge on any atom is 0.175 e. The molecule has 142 valence electrons. The zero-order valence-corrected chi connectivity index (χ0v) is 15.8. The minimum absolute atomic E-state index is 0.00702. The van der Waals surface area contributed by atoms with Gasteiger partial charge in [-0.2, -0.15) is 5.10 Å². The van der Waals surface area contributed by atoms with Crippen molar-refractivity contribution in [3.63, 3.8) is 0 Å². The molecule has 1 N–H and O–H groups in total. The van der Waals surface area contributed by atoms with Crippen molar-refractivity contribution in [1.82, 2.24) is 19.3 Å². The van der Waals surface area contributed by atoms with Gasteiger partial charge in [-0.05, 0) is 31.9 Å². The summed E-state index contributed by atoms with van der Waals surface area (Å²) in [6.45, 7) is 4.44. The fourth-order valence-corrected chi connectivity index (χ4v) is 3.59. The molecule has 1 saturated heterocycles. The first-order chi connectivity index (χ1) is 13.2. The molecule has 7 nitrogen and oxygen atoms in total. The molecule has 0 saturated carbocycles. The van der Waals surface area contributed by atoms with Gasteiger partial charge in [0.2, 0.25) is 0 Å². The third kappa shape index (κ3) is 3.30. The van der Waals surface area contributed by atoms with Crippen LogP contribution in [0.3, 0.4) is 0 Å². The Labute approximate surface area is 158 Å². The summed E-state index contributed by atoms with van der Waals surface area (Å²) in [5, 5.41) is 13.8. The Bertz CT molecular complexity index is 924. The second-order valence-electron chi connectivity index (χ2n) is 6.80. The predicted octanol–water partition coefficient (Wildman–Crippen LogP) is 2.55. The SMILES string of the molecule is Cc1c(-n2ccnc2-c2cccc(OCCO)c2)c(N2CCCC2)nn1C. The molecular formula is C20H25N5O2. The molecule has 4 rings (SSSR count). The van der Waals surface area contributed by atoms with E-state index in [1.165, 1.54) is 12.8 Å². The molecule has 0 aliphatic carbocycles. The van der Waals surface area contributed by atoms with E-state index in [4.69, 9.17) is 14.9 Å². The highest BCUT2D eigenvalue weighted by atomic mass is 16.5. The highest BCUT2D eigenvalue weighted by molar-refractivity contribution is 5.67. The van der Waals surface area contributed by atoms with Crippen LogP contribution in [0.1, 0.15) is 18.5 Å². The first kappa shape index (κ1) is 17.6. The summed E-state index contributed by atoms with van der Waals surface area (Å²) < 4.78 is 9.61. The van der Waals surface area contributed by atoms with Gasteiger partial charge in [-0.1, -0.05) is 12.1 Å². The summed E-state index contributed by atoms with van der Waals surface area (Å²) in [5.74, 6) is 2.58. The molecule has 0 atom stereocenters. The fraction of sp³-hybridized carbons (Fsp3) is 0.400. The Morgan fingerprint density at radius 1 is 1.22 bits per heavy atom. The summed E-state index contributed by atoms with van der Waals surface area (Å²) >= 11 is 0. The van der Waals surface area contributed by atoms with Crippen LogP contribution < -0.4 is 9.64 Å². The smallest absolute Gasteiger partial charge is 0.175 e. The molecule has 7 heteroatoms. The summed E-state index contributed by atoms with van der Waals surface area (Å²) in [4.78, 5) is 6.96. The first-order valence-electron chi connectivity index (χ1n) is 9.35. The Morgan fingerprint density at radius 3 is 2.81 bits per heavy atom. The lowest BCUT2D eigenvalue weighted by atomic mass is 10.2. The molecule has 2 aromatic heterocycles. The van der Waals surface area contributed by atoms with Crippen LogP contribution >= 0.6 is 0 Å². The lowest BCUT2D eigenvalue weighted by Crippen LogP contribution is -2.20. The molecule has 0 amide bonds. The second kappa shape index (κ2) is 7.44. The van der Waals surface area contributed by atoms with Crippen LogP contribution in [0.4, 0.5) is 5.82 Å². The number of hydrogen-bond donors (Lipinski definition) is 1. The second-order valence-corrected chi connectivity index (χ2v) is 6.80. The Morgan fingerprint density at radius 2 is 2.04 bits per heavy atom. The number of benzene rings is 1. The van der Waals surface area contributed by atoms with Gasteiger partial charge < -0.3 is 14.7 Å². The number of aliphatic hydroxyl groups excluding tert-OH is 1. The maximum absolute atomic E-state index is 8.99. The van der Waals surface area contributed by atoms with E-state index in [1.807, 2.05) is 48.4 Å². The van der Waals surface area contributed by atoms with Gasteiger partial charge in [0.15, 0.2) is 5.82 Å². The van der Waals surface area contributed by atoms with Crippen LogP contribution in [0.2, 0.25) is 0 Å². The van der Waals surface area contributed by atoms with Crippen LogP contribution in [0.15, 0.2) is 36.7 Å². The van der Waals surface area contributed by atoms with Gasteiger partial charge in [-0.3, -0.25) is 9.25 Å². The monoisotopic (exact) mass is 367 g/mol. The van der Waals surface area contributed by atoms with Crippen molar-refractivity contribution in [2.45, 2.75) is 19.8 Å². The van der Waals surface area contributed by atoms with Crippen LogP contribution in [-0.2, 0) is 7.05 Å². The average molecular weight is 367 g/mol. The van der Waals surface area contributed by atoms with Crippen molar-refractivity contribution in [3.05, 3.63) is 42.4 Å². The number of nitrogens with zero attached hydrogens (tertiary/aromatic N) is 5. The van der Waals surface area contributed by atoms with Crippen LogP contribution in [-0.4, -0.2) is 50.7 Å². The fourth-order valence-electron chi connectivity index (χ4n) is 3.59. The summed E-state index contributed by atoms with van der Waals surface area (Å²) in [5.41, 5.74) is 3.14. The van der Waals surface area contributed by atoms with E-state index in [0.717, 1.165) is 47.4 Å². The molecule has 0 spiro atoms.